The van der Waals surface area contributed by atoms with Crippen LogP contribution in [-0.2, 0) is 6.54 Å². The Morgan fingerprint density at radius 3 is 2.86 bits per heavy atom. The molecule has 21 heavy (non-hydrogen) atoms. The fourth-order valence-electron chi connectivity index (χ4n) is 2.30. The van der Waals surface area contributed by atoms with Crippen molar-refractivity contribution in [2.24, 2.45) is 0 Å². The standard InChI is InChI=1S/C16H17N3O2/c1-11(19(2)10-12-6-5-9-21-12)15-17-14-8-4-3-7-13(14)16(20)18-15/h3-9,11H,10H2,1-2H3,(H,17,18,20). The van der Waals surface area contributed by atoms with E-state index < -0.39 is 0 Å². The molecule has 0 aliphatic heterocycles. The minimum absolute atomic E-state index is 0.0209. The van der Waals surface area contributed by atoms with Crippen LogP contribution in [0.15, 0.2) is 51.9 Å². The lowest BCUT2D eigenvalue weighted by atomic mass is 10.2. The van der Waals surface area contributed by atoms with Crippen molar-refractivity contribution in [2.75, 3.05) is 7.05 Å². The molecule has 3 rings (SSSR count). The van der Waals surface area contributed by atoms with Gasteiger partial charge in [0.2, 0.25) is 0 Å². The molecular weight excluding hydrogens is 266 g/mol. The second-order valence-corrected chi connectivity index (χ2v) is 5.14. The van der Waals surface area contributed by atoms with Crippen LogP contribution in [0.2, 0.25) is 0 Å². The normalized spacial score (nSPS) is 12.9. The van der Waals surface area contributed by atoms with Crippen molar-refractivity contribution in [1.82, 2.24) is 14.9 Å². The number of fused-ring (bicyclic) bond motifs is 1. The highest BCUT2D eigenvalue weighted by molar-refractivity contribution is 5.77. The summed E-state index contributed by atoms with van der Waals surface area (Å²) >= 11 is 0. The summed E-state index contributed by atoms with van der Waals surface area (Å²) in [4.78, 5) is 21.6. The van der Waals surface area contributed by atoms with E-state index in [1.807, 2.05) is 44.3 Å². The summed E-state index contributed by atoms with van der Waals surface area (Å²) in [6, 6.07) is 11.1. The Bertz CT molecular complexity index is 793. The molecule has 1 unspecified atom stereocenters. The van der Waals surface area contributed by atoms with E-state index >= 15 is 0 Å². The van der Waals surface area contributed by atoms with E-state index in [0.29, 0.717) is 17.8 Å². The quantitative estimate of drug-likeness (QED) is 0.799. The number of aromatic nitrogens is 2. The minimum atomic E-state index is -0.103. The fourth-order valence-corrected chi connectivity index (χ4v) is 2.30. The maximum Gasteiger partial charge on any atom is 0.258 e. The molecule has 5 nitrogen and oxygen atoms in total. The molecule has 3 aromatic rings. The molecule has 0 bridgehead atoms. The van der Waals surface area contributed by atoms with Crippen LogP contribution < -0.4 is 5.56 Å². The van der Waals surface area contributed by atoms with Crippen LogP contribution in [0.25, 0.3) is 10.9 Å². The molecule has 2 aromatic heterocycles. The summed E-state index contributed by atoms with van der Waals surface area (Å²) in [5, 5.41) is 0.613. The average Bonchev–Trinajstić information content (AvgIpc) is 2.99. The zero-order valence-electron chi connectivity index (χ0n) is 12.0. The number of hydrogen-bond acceptors (Lipinski definition) is 4. The lowest BCUT2D eigenvalue weighted by Crippen LogP contribution is -2.25. The zero-order valence-corrected chi connectivity index (χ0v) is 12.0. The zero-order chi connectivity index (χ0) is 14.8. The maximum atomic E-state index is 12.1. The molecule has 1 N–H and O–H groups in total. The number of hydrogen-bond donors (Lipinski definition) is 1. The van der Waals surface area contributed by atoms with Crippen molar-refractivity contribution in [1.29, 1.82) is 0 Å². The Morgan fingerprint density at radius 1 is 1.29 bits per heavy atom. The largest absolute Gasteiger partial charge is 0.468 e. The fraction of sp³-hybridized carbons (Fsp3) is 0.250. The van der Waals surface area contributed by atoms with Gasteiger partial charge in [-0.05, 0) is 38.2 Å². The van der Waals surface area contributed by atoms with Gasteiger partial charge in [-0.3, -0.25) is 9.69 Å². The smallest absolute Gasteiger partial charge is 0.258 e. The van der Waals surface area contributed by atoms with E-state index in [2.05, 4.69) is 14.9 Å². The summed E-state index contributed by atoms with van der Waals surface area (Å²) in [7, 11) is 1.97. The van der Waals surface area contributed by atoms with Gasteiger partial charge in [-0.15, -0.1) is 0 Å². The number of benzene rings is 1. The monoisotopic (exact) mass is 283 g/mol. The third-order valence-electron chi connectivity index (χ3n) is 3.67. The van der Waals surface area contributed by atoms with Gasteiger partial charge in [0.15, 0.2) is 0 Å². The molecule has 1 atom stereocenters. The number of para-hydroxylation sites is 1. The summed E-state index contributed by atoms with van der Waals surface area (Å²) in [6.07, 6.45) is 1.66. The highest BCUT2D eigenvalue weighted by atomic mass is 16.3. The molecule has 0 radical (unpaired) electrons. The second-order valence-electron chi connectivity index (χ2n) is 5.14. The van der Waals surface area contributed by atoms with E-state index in [9.17, 15) is 4.79 Å². The van der Waals surface area contributed by atoms with Crippen molar-refractivity contribution >= 4 is 10.9 Å². The predicted molar refractivity (Wildman–Crippen MR) is 81.0 cm³/mol. The molecule has 0 spiro atoms. The highest BCUT2D eigenvalue weighted by Gasteiger charge is 2.16. The minimum Gasteiger partial charge on any atom is -0.468 e. The first-order chi connectivity index (χ1) is 10.1. The van der Waals surface area contributed by atoms with Crippen molar-refractivity contribution in [3.63, 3.8) is 0 Å². The van der Waals surface area contributed by atoms with Crippen LogP contribution >= 0.6 is 0 Å². The Hall–Kier alpha value is -2.40. The first kappa shape index (κ1) is 13.6. The van der Waals surface area contributed by atoms with E-state index in [0.717, 1.165) is 11.3 Å². The van der Waals surface area contributed by atoms with Crippen molar-refractivity contribution < 1.29 is 4.42 Å². The van der Waals surface area contributed by atoms with Gasteiger partial charge in [0.25, 0.3) is 5.56 Å². The maximum absolute atomic E-state index is 12.1. The Kier molecular flexibility index (Phi) is 3.58. The van der Waals surface area contributed by atoms with E-state index in [1.165, 1.54) is 0 Å². The summed E-state index contributed by atoms with van der Waals surface area (Å²) in [6.45, 7) is 2.67. The topological polar surface area (TPSA) is 62.1 Å². The second kappa shape index (κ2) is 5.54. The summed E-state index contributed by atoms with van der Waals surface area (Å²) in [5.74, 6) is 1.54. The lowest BCUT2D eigenvalue weighted by molar-refractivity contribution is 0.224. The van der Waals surface area contributed by atoms with E-state index in [4.69, 9.17) is 4.42 Å². The van der Waals surface area contributed by atoms with Gasteiger partial charge in [-0.25, -0.2) is 4.98 Å². The first-order valence-corrected chi connectivity index (χ1v) is 6.87. The molecule has 0 amide bonds. The Labute approximate surface area is 122 Å². The van der Waals surface area contributed by atoms with Gasteiger partial charge >= 0.3 is 0 Å². The van der Waals surface area contributed by atoms with Crippen LogP contribution in [0.4, 0.5) is 0 Å². The SMILES string of the molecule is CC(c1nc2ccccc2c(=O)[nH]1)N(C)Cc1ccco1. The van der Waals surface area contributed by atoms with Crippen molar-refractivity contribution in [2.45, 2.75) is 19.5 Å². The van der Waals surface area contributed by atoms with Crippen LogP contribution in [-0.4, -0.2) is 21.9 Å². The van der Waals surface area contributed by atoms with Crippen LogP contribution in [0.5, 0.6) is 0 Å². The van der Waals surface area contributed by atoms with Gasteiger partial charge in [0.05, 0.1) is 29.8 Å². The van der Waals surface area contributed by atoms with Crippen molar-refractivity contribution in [3.8, 4) is 0 Å². The average molecular weight is 283 g/mol. The lowest BCUT2D eigenvalue weighted by Gasteiger charge is -2.22. The third kappa shape index (κ3) is 2.73. The van der Waals surface area contributed by atoms with Crippen LogP contribution in [0.1, 0.15) is 24.6 Å². The Balaban J connectivity index is 1.90. The molecule has 1 aromatic carbocycles. The highest BCUT2D eigenvalue weighted by Crippen LogP contribution is 2.18. The molecule has 2 heterocycles. The Morgan fingerprint density at radius 2 is 2.10 bits per heavy atom. The molecule has 0 aliphatic rings. The molecule has 0 fully saturated rings. The van der Waals surface area contributed by atoms with Gasteiger partial charge in [0, 0.05) is 0 Å². The van der Waals surface area contributed by atoms with E-state index in [-0.39, 0.29) is 11.6 Å². The van der Waals surface area contributed by atoms with Crippen LogP contribution in [0, 0.1) is 0 Å². The molecule has 0 saturated carbocycles. The number of H-pyrrole nitrogens is 1. The van der Waals surface area contributed by atoms with Crippen LogP contribution in [0.3, 0.4) is 0 Å². The molecule has 0 saturated heterocycles. The first-order valence-electron chi connectivity index (χ1n) is 6.87. The molecule has 108 valence electrons. The summed E-state index contributed by atoms with van der Waals surface area (Å²) < 4.78 is 5.35. The molecule has 5 heteroatoms. The number of nitrogens with one attached hydrogen (secondary N) is 1. The van der Waals surface area contributed by atoms with Crippen molar-refractivity contribution in [3.05, 3.63) is 64.6 Å². The third-order valence-corrected chi connectivity index (χ3v) is 3.67. The molecule has 0 aliphatic carbocycles. The van der Waals surface area contributed by atoms with Gasteiger partial charge < -0.3 is 9.40 Å². The predicted octanol–water partition coefficient (Wildman–Crippen LogP) is 2.71. The number of furan rings is 1. The van der Waals surface area contributed by atoms with Gasteiger partial charge in [-0.1, -0.05) is 12.1 Å². The van der Waals surface area contributed by atoms with Gasteiger partial charge in [-0.2, -0.15) is 0 Å². The van der Waals surface area contributed by atoms with Gasteiger partial charge in [0.1, 0.15) is 11.6 Å². The number of rotatable bonds is 4. The van der Waals surface area contributed by atoms with E-state index in [1.54, 1.807) is 12.3 Å². The molecular formula is C16H17N3O2. The number of aromatic amines is 1. The number of nitrogens with zero attached hydrogens (tertiary/aromatic N) is 2. The summed E-state index contributed by atoms with van der Waals surface area (Å²) in [5.41, 5.74) is 0.614.